The van der Waals surface area contributed by atoms with Gasteiger partial charge in [0, 0.05) is 19.3 Å². The van der Waals surface area contributed by atoms with Gasteiger partial charge >= 0.3 is 0 Å². The summed E-state index contributed by atoms with van der Waals surface area (Å²) in [5, 5.41) is 12.0. The van der Waals surface area contributed by atoms with Gasteiger partial charge in [-0.15, -0.1) is 12.3 Å². The van der Waals surface area contributed by atoms with Crippen LogP contribution in [0, 0.1) is 12.3 Å². The van der Waals surface area contributed by atoms with Gasteiger partial charge in [-0.3, -0.25) is 0 Å². The van der Waals surface area contributed by atoms with Crippen molar-refractivity contribution in [1.29, 1.82) is 0 Å². The molecular formula is C19H38N2O5. The smallest absolute Gasteiger partial charge is 0.120 e. The average molecular weight is 375 g/mol. The zero-order chi connectivity index (χ0) is 20.5. The van der Waals surface area contributed by atoms with Crippen LogP contribution < -0.4 is 11.1 Å². The van der Waals surface area contributed by atoms with Crippen molar-refractivity contribution in [2.75, 3.05) is 26.8 Å². The Bertz CT molecular complexity index is 320. The van der Waals surface area contributed by atoms with Crippen molar-refractivity contribution in [3.05, 3.63) is 0 Å². The second-order valence-corrected chi connectivity index (χ2v) is 5.54. The van der Waals surface area contributed by atoms with Gasteiger partial charge in [0.15, 0.2) is 0 Å². The first-order valence-corrected chi connectivity index (χ1v) is 9.15. The molecule has 0 aliphatic heterocycles. The lowest BCUT2D eigenvalue weighted by Gasteiger charge is -2.13. The lowest BCUT2D eigenvalue weighted by atomic mass is 10.2. The molecule has 2 atom stereocenters. The minimum atomic E-state index is -0.555. The molecule has 0 aliphatic carbocycles. The summed E-state index contributed by atoms with van der Waals surface area (Å²) in [4.78, 5) is 28.7. The van der Waals surface area contributed by atoms with Crippen LogP contribution in [0.5, 0.6) is 0 Å². The summed E-state index contributed by atoms with van der Waals surface area (Å²) in [5.41, 5.74) is 5.44. The fraction of sp³-hybridized carbons (Fsp3) is 0.789. The second-order valence-electron chi connectivity index (χ2n) is 5.54. The van der Waals surface area contributed by atoms with Crippen LogP contribution in [0.15, 0.2) is 0 Å². The molecule has 0 heterocycles. The van der Waals surface area contributed by atoms with Gasteiger partial charge in [-0.1, -0.05) is 13.3 Å². The minimum absolute atomic E-state index is 0.234. The Labute approximate surface area is 158 Å². The summed E-state index contributed by atoms with van der Waals surface area (Å²) in [7, 11) is 1.94. The van der Waals surface area contributed by atoms with Crippen LogP contribution in [-0.2, 0) is 19.4 Å². The molecule has 0 unspecified atom stereocenters. The van der Waals surface area contributed by atoms with E-state index in [1.165, 1.54) is 12.8 Å². The van der Waals surface area contributed by atoms with E-state index in [0.29, 0.717) is 19.4 Å². The summed E-state index contributed by atoms with van der Waals surface area (Å²) in [5.74, 6) is 2.34. The van der Waals surface area contributed by atoms with Crippen molar-refractivity contribution in [2.24, 2.45) is 5.73 Å². The third-order valence-corrected chi connectivity index (χ3v) is 2.91. The normalized spacial score (nSPS) is 11.7. The Hall–Kier alpha value is -1.30. The van der Waals surface area contributed by atoms with Crippen molar-refractivity contribution in [2.45, 2.75) is 70.9 Å². The van der Waals surface area contributed by atoms with E-state index in [-0.39, 0.29) is 12.6 Å². The molecule has 7 nitrogen and oxygen atoms in total. The largest absolute Gasteiger partial charge is 0.392 e. The predicted molar refractivity (Wildman–Crippen MR) is 104 cm³/mol. The van der Waals surface area contributed by atoms with Crippen molar-refractivity contribution >= 4 is 12.6 Å². The van der Waals surface area contributed by atoms with Gasteiger partial charge in [-0.2, -0.15) is 0 Å². The zero-order valence-electron chi connectivity index (χ0n) is 16.6. The number of aliphatic hydroxyl groups excluding tert-OH is 1. The number of rotatable bonds is 14. The lowest BCUT2D eigenvalue weighted by Crippen LogP contribution is -2.36. The van der Waals surface area contributed by atoms with Crippen LogP contribution in [-0.4, -0.2) is 56.6 Å². The third-order valence-electron chi connectivity index (χ3n) is 2.91. The van der Waals surface area contributed by atoms with Gasteiger partial charge in [-0.25, -0.2) is 9.78 Å². The van der Waals surface area contributed by atoms with E-state index in [1.807, 2.05) is 14.0 Å². The molecule has 0 aliphatic rings. The topological polar surface area (TPSA) is 111 Å². The van der Waals surface area contributed by atoms with Crippen molar-refractivity contribution in [3.8, 4) is 12.3 Å². The molecule has 0 aromatic heterocycles. The highest BCUT2D eigenvalue weighted by molar-refractivity contribution is 5.49. The van der Waals surface area contributed by atoms with Crippen LogP contribution in [0.2, 0.25) is 0 Å². The molecule has 0 amide bonds. The number of nitrogens with one attached hydrogen (secondary N) is 1. The molecule has 0 aromatic carbocycles. The highest BCUT2D eigenvalue weighted by Crippen LogP contribution is 1.95. The Kier molecular flexibility index (Phi) is 32.3. The first kappa shape index (κ1) is 29.5. The summed E-state index contributed by atoms with van der Waals surface area (Å²) in [6.45, 7) is 5.47. The molecule has 154 valence electrons. The maximum absolute atomic E-state index is 9.82. The number of carbonyl (C=O) groups is 2. The van der Waals surface area contributed by atoms with Crippen LogP contribution in [0.25, 0.3) is 0 Å². The molecule has 26 heavy (non-hydrogen) atoms. The van der Waals surface area contributed by atoms with Crippen molar-refractivity contribution < 1.29 is 24.5 Å². The number of hydrogen-bond donors (Lipinski definition) is 3. The Morgan fingerprint density at radius 2 is 1.85 bits per heavy atom. The first-order valence-electron chi connectivity index (χ1n) is 9.15. The molecule has 0 radical (unpaired) electrons. The number of unbranched alkanes of at least 4 members (excludes halogenated alkanes) is 4. The Morgan fingerprint density at radius 1 is 1.19 bits per heavy atom. The number of carbonyl (C=O) groups excluding carboxylic acids is 2. The Morgan fingerprint density at radius 3 is 2.27 bits per heavy atom. The van der Waals surface area contributed by atoms with Gasteiger partial charge in [0.1, 0.15) is 12.6 Å². The number of hydrogen-bond acceptors (Lipinski definition) is 7. The van der Waals surface area contributed by atoms with E-state index in [0.717, 1.165) is 38.4 Å². The molecule has 7 heteroatoms. The molecule has 0 rings (SSSR count). The number of aliphatic hydroxyl groups is 1. The molecule has 0 spiro atoms. The van der Waals surface area contributed by atoms with E-state index in [2.05, 4.69) is 11.2 Å². The van der Waals surface area contributed by atoms with Gasteiger partial charge in [0.05, 0.1) is 25.4 Å². The van der Waals surface area contributed by atoms with Gasteiger partial charge in [-0.05, 0) is 39.8 Å². The number of aldehydes is 2. The van der Waals surface area contributed by atoms with E-state index in [4.69, 9.17) is 27.0 Å². The fourth-order valence-electron chi connectivity index (χ4n) is 1.26. The summed E-state index contributed by atoms with van der Waals surface area (Å²) in [6.07, 6.45) is 12.2. The summed E-state index contributed by atoms with van der Waals surface area (Å²) < 4.78 is 0. The minimum Gasteiger partial charge on any atom is -0.392 e. The molecule has 0 bridgehead atoms. The van der Waals surface area contributed by atoms with Crippen LogP contribution in [0.1, 0.15) is 58.8 Å². The van der Waals surface area contributed by atoms with E-state index < -0.39 is 6.10 Å². The van der Waals surface area contributed by atoms with Gasteiger partial charge in [0.2, 0.25) is 0 Å². The number of terminal acetylenes is 1. The Balaban J connectivity index is -0.000000319. The quantitative estimate of drug-likeness (QED) is 0.139. The molecule has 0 fully saturated rings. The molecule has 0 saturated heterocycles. The third kappa shape index (κ3) is 34.1. The maximum atomic E-state index is 9.82. The molecule has 0 aromatic rings. The van der Waals surface area contributed by atoms with Crippen LogP contribution in [0.4, 0.5) is 0 Å². The monoisotopic (exact) mass is 374 g/mol. The molecule has 4 N–H and O–H groups in total. The highest BCUT2D eigenvalue weighted by atomic mass is 17.2. The summed E-state index contributed by atoms with van der Waals surface area (Å²) >= 11 is 0. The average Bonchev–Trinajstić information content (AvgIpc) is 2.64. The van der Waals surface area contributed by atoms with E-state index >= 15 is 0 Å². The molecular weight excluding hydrogens is 336 g/mol. The van der Waals surface area contributed by atoms with Crippen molar-refractivity contribution in [3.63, 3.8) is 0 Å². The van der Waals surface area contributed by atoms with Gasteiger partial charge < -0.3 is 25.7 Å². The summed E-state index contributed by atoms with van der Waals surface area (Å²) in [6, 6.07) is -0.369. The van der Waals surface area contributed by atoms with Gasteiger partial charge in [0.25, 0.3) is 0 Å². The second kappa shape index (κ2) is 28.5. The molecule has 0 saturated carbocycles. The van der Waals surface area contributed by atoms with Crippen LogP contribution >= 0.6 is 0 Å². The van der Waals surface area contributed by atoms with E-state index in [9.17, 15) is 9.59 Å². The SMILES string of the molecule is C#CCCC=O.CCCOOC[C@@H](N)[C@@H](C)O.CNCCCCCC=O. The lowest BCUT2D eigenvalue weighted by molar-refractivity contribution is -0.298. The fourth-order valence-corrected chi connectivity index (χ4v) is 1.26. The van der Waals surface area contributed by atoms with E-state index in [1.54, 1.807) is 6.92 Å². The van der Waals surface area contributed by atoms with Crippen LogP contribution in [0.3, 0.4) is 0 Å². The maximum Gasteiger partial charge on any atom is 0.120 e. The number of nitrogens with two attached hydrogens (primary N) is 1. The first-order chi connectivity index (χ1) is 12.5. The zero-order valence-corrected chi connectivity index (χ0v) is 16.6. The predicted octanol–water partition coefficient (Wildman–Crippen LogP) is 1.62. The highest BCUT2D eigenvalue weighted by Gasteiger charge is 2.08. The van der Waals surface area contributed by atoms with Crippen molar-refractivity contribution in [1.82, 2.24) is 5.32 Å². The standard InChI is InChI=1S/C7H17NO3.C7H15NO.C5H6O/c1-3-4-10-11-5-7(8)6(2)9;1-8-6-4-2-3-5-7-9;1-2-3-4-5-6/h6-7,9H,3-5,8H2,1-2H3;7-8H,2-6H2,1H3;1,5H,3-4H2/t6-,7-;;/m1../s1.